The Morgan fingerprint density at radius 1 is 1.25 bits per heavy atom. The van der Waals surface area contributed by atoms with Crippen molar-refractivity contribution in [2.24, 2.45) is 0 Å². The van der Waals surface area contributed by atoms with Gasteiger partial charge < -0.3 is 14.1 Å². The van der Waals surface area contributed by atoms with Crippen molar-refractivity contribution >= 4 is 34.9 Å². The normalized spacial score (nSPS) is 11.2. The first-order chi connectivity index (χ1) is 9.74. The van der Waals surface area contributed by atoms with Crippen molar-refractivity contribution in [2.75, 3.05) is 0 Å². The Morgan fingerprint density at radius 3 is 2.90 bits per heavy atom. The summed E-state index contributed by atoms with van der Waals surface area (Å²) in [6.07, 6.45) is 7.78. The van der Waals surface area contributed by atoms with Crippen molar-refractivity contribution in [3.63, 3.8) is 0 Å². The van der Waals surface area contributed by atoms with E-state index in [2.05, 4.69) is 19.1 Å². The molecule has 0 spiro atoms. The summed E-state index contributed by atoms with van der Waals surface area (Å²) in [6, 6.07) is 5.80. The molecule has 0 amide bonds. The molecule has 0 saturated heterocycles. The summed E-state index contributed by atoms with van der Waals surface area (Å²) < 4.78 is 4.96. The van der Waals surface area contributed by atoms with Gasteiger partial charge >= 0.3 is 0 Å². The monoisotopic (exact) mass is 306 g/mol. The molecule has 0 atom stereocenters. The molecule has 20 heavy (non-hydrogen) atoms. The molecule has 104 valence electrons. The highest BCUT2D eigenvalue weighted by Crippen LogP contribution is 2.19. The number of imidazole rings is 2. The smallest absolute Gasteiger partial charge is 0.178 e. The SMILES string of the molecule is S=c1[nH]c2ccc(Cl)cc2n1CCCCn1ccnc1. The fourth-order valence-corrected chi connectivity index (χ4v) is 2.80. The summed E-state index contributed by atoms with van der Waals surface area (Å²) in [6.45, 7) is 1.88. The van der Waals surface area contributed by atoms with Gasteiger partial charge in [-0.25, -0.2) is 4.98 Å². The molecule has 1 N–H and O–H groups in total. The number of hydrogen-bond acceptors (Lipinski definition) is 2. The molecule has 0 unspecified atom stereocenters. The van der Waals surface area contributed by atoms with Crippen molar-refractivity contribution in [1.29, 1.82) is 0 Å². The number of halogens is 1. The van der Waals surface area contributed by atoms with Crippen LogP contribution in [-0.4, -0.2) is 19.1 Å². The molecule has 0 radical (unpaired) electrons. The summed E-state index contributed by atoms with van der Waals surface area (Å²) in [7, 11) is 0. The second-order valence-electron chi connectivity index (χ2n) is 4.75. The zero-order chi connectivity index (χ0) is 13.9. The van der Waals surface area contributed by atoms with Crippen molar-refractivity contribution in [2.45, 2.75) is 25.9 Å². The maximum atomic E-state index is 6.06. The van der Waals surface area contributed by atoms with Gasteiger partial charge in [-0.05, 0) is 43.3 Å². The van der Waals surface area contributed by atoms with Crippen LogP contribution in [0.2, 0.25) is 5.02 Å². The van der Waals surface area contributed by atoms with E-state index < -0.39 is 0 Å². The number of nitrogens with one attached hydrogen (secondary N) is 1. The van der Waals surface area contributed by atoms with E-state index in [9.17, 15) is 0 Å². The van der Waals surface area contributed by atoms with Crippen molar-refractivity contribution in [1.82, 2.24) is 19.1 Å². The Hall–Kier alpha value is -1.59. The number of unbranched alkanes of at least 4 members (excludes halogenated alkanes) is 1. The highest BCUT2D eigenvalue weighted by Gasteiger charge is 2.04. The van der Waals surface area contributed by atoms with Crippen LogP contribution in [-0.2, 0) is 13.1 Å². The first-order valence-corrected chi connectivity index (χ1v) is 7.36. The third-order valence-electron chi connectivity index (χ3n) is 3.34. The molecule has 2 heterocycles. The lowest BCUT2D eigenvalue weighted by Gasteiger charge is -2.05. The quantitative estimate of drug-likeness (QED) is 0.571. The van der Waals surface area contributed by atoms with Gasteiger partial charge in [0, 0.05) is 30.5 Å². The summed E-state index contributed by atoms with van der Waals surface area (Å²) in [5.41, 5.74) is 2.11. The first kappa shape index (κ1) is 13.4. The molecule has 0 fully saturated rings. The molecule has 0 bridgehead atoms. The van der Waals surface area contributed by atoms with Crippen molar-refractivity contribution in [3.8, 4) is 0 Å². The minimum Gasteiger partial charge on any atom is -0.337 e. The number of benzene rings is 1. The van der Waals surface area contributed by atoms with Gasteiger partial charge in [-0.2, -0.15) is 0 Å². The fourth-order valence-electron chi connectivity index (χ4n) is 2.33. The van der Waals surface area contributed by atoms with Crippen LogP contribution in [0.1, 0.15) is 12.8 Å². The maximum absolute atomic E-state index is 6.06. The summed E-state index contributed by atoms with van der Waals surface area (Å²) in [4.78, 5) is 7.25. The second kappa shape index (κ2) is 5.81. The molecule has 0 aliphatic heterocycles. The lowest BCUT2D eigenvalue weighted by Crippen LogP contribution is -2.01. The Morgan fingerprint density at radius 2 is 2.10 bits per heavy atom. The maximum Gasteiger partial charge on any atom is 0.178 e. The zero-order valence-electron chi connectivity index (χ0n) is 10.9. The van der Waals surface area contributed by atoms with Gasteiger partial charge in [0.1, 0.15) is 0 Å². The predicted molar refractivity (Wildman–Crippen MR) is 83.6 cm³/mol. The lowest BCUT2D eigenvalue weighted by atomic mass is 10.3. The number of rotatable bonds is 5. The van der Waals surface area contributed by atoms with E-state index in [1.54, 1.807) is 6.20 Å². The third kappa shape index (κ3) is 2.78. The minimum absolute atomic E-state index is 0.735. The van der Waals surface area contributed by atoms with Crippen LogP contribution in [0, 0.1) is 4.77 Å². The predicted octanol–water partition coefficient (Wildman–Crippen LogP) is 4.03. The van der Waals surface area contributed by atoms with Crippen LogP contribution in [0.5, 0.6) is 0 Å². The van der Waals surface area contributed by atoms with Gasteiger partial charge in [0.2, 0.25) is 0 Å². The van der Waals surface area contributed by atoms with Gasteiger partial charge in [0.25, 0.3) is 0 Å². The Kier molecular flexibility index (Phi) is 3.89. The number of hydrogen-bond donors (Lipinski definition) is 1. The number of aryl methyl sites for hydroxylation is 2. The number of aromatic amines is 1. The second-order valence-corrected chi connectivity index (χ2v) is 5.57. The van der Waals surface area contributed by atoms with Crippen LogP contribution < -0.4 is 0 Å². The van der Waals surface area contributed by atoms with Gasteiger partial charge in [0.15, 0.2) is 4.77 Å². The topological polar surface area (TPSA) is 38.5 Å². The van der Waals surface area contributed by atoms with Crippen molar-refractivity contribution < 1.29 is 0 Å². The van der Waals surface area contributed by atoms with Gasteiger partial charge in [-0.3, -0.25) is 0 Å². The van der Waals surface area contributed by atoms with Crippen LogP contribution in [0.4, 0.5) is 0 Å². The Bertz CT molecular complexity index is 757. The van der Waals surface area contributed by atoms with Crippen LogP contribution >= 0.6 is 23.8 Å². The number of aromatic nitrogens is 4. The number of H-pyrrole nitrogens is 1. The van der Waals surface area contributed by atoms with E-state index >= 15 is 0 Å². The molecule has 2 aromatic heterocycles. The fraction of sp³-hybridized carbons (Fsp3) is 0.286. The third-order valence-corrected chi connectivity index (χ3v) is 3.90. The lowest BCUT2D eigenvalue weighted by molar-refractivity contribution is 0.556. The van der Waals surface area contributed by atoms with Gasteiger partial charge in [0.05, 0.1) is 17.4 Å². The molecule has 0 saturated carbocycles. The molecule has 0 aliphatic carbocycles. The summed E-state index contributed by atoms with van der Waals surface area (Å²) in [5, 5.41) is 0.735. The van der Waals surface area contributed by atoms with Gasteiger partial charge in [-0.1, -0.05) is 11.6 Å². The van der Waals surface area contributed by atoms with Crippen LogP contribution in [0.3, 0.4) is 0 Å². The molecule has 4 nitrogen and oxygen atoms in total. The van der Waals surface area contributed by atoms with Crippen LogP contribution in [0.25, 0.3) is 11.0 Å². The van der Waals surface area contributed by atoms with E-state index in [0.29, 0.717) is 0 Å². The largest absolute Gasteiger partial charge is 0.337 e. The zero-order valence-corrected chi connectivity index (χ0v) is 12.5. The molecular weight excluding hydrogens is 292 g/mol. The minimum atomic E-state index is 0.735. The first-order valence-electron chi connectivity index (χ1n) is 6.58. The van der Waals surface area contributed by atoms with E-state index in [-0.39, 0.29) is 0 Å². The molecule has 3 aromatic rings. The van der Waals surface area contributed by atoms with Gasteiger partial charge in [-0.15, -0.1) is 0 Å². The van der Waals surface area contributed by atoms with E-state index in [1.165, 1.54) is 0 Å². The summed E-state index contributed by atoms with van der Waals surface area (Å²) in [5.74, 6) is 0. The number of nitrogens with zero attached hydrogens (tertiary/aromatic N) is 3. The van der Waals surface area contributed by atoms with E-state index in [1.807, 2.05) is 30.7 Å². The Labute approximate surface area is 127 Å². The molecule has 1 aromatic carbocycles. The van der Waals surface area contributed by atoms with E-state index in [4.69, 9.17) is 23.8 Å². The Balaban J connectivity index is 1.69. The summed E-state index contributed by atoms with van der Waals surface area (Å²) >= 11 is 11.4. The molecule has 6 heteroatoms. The highest BCUT2D eigenvalue weighted by atomic mass is 35.5. The molecule has 0 aliphatic rings. The highest BCUT2D eigenvalue weighted by molar-refractivity contribution is 7.71. The number of fused-ring (bicyclic) bond motifs is 1. The van der Waals surface area contributed by atoms with Crippen LogP contribution in [0.15, 0.2) is 36.9 Å². The van der Waals surface area contributed by atoms with Crippen molar-refractivity contribution in [3.05, 3.63) is 46.7 Å². The van der Waals surface area contributed by atoms with E-state index in [0.717, 1.165) is 46.8 Å². The molecular formula is C14H15ClN4S. The average Bonchev–Trinajstić information content (AvgIpc) is 3.03. The molecule has 3 rings (SSSR count). The average molecular weight is 307 g/mol. The standard InChI is InChI=1S/C14H15ClN4S/c15-11-3-4-12-13(9-11)19(14(20)17-12)7-2-1-6-18-8-5-16-10-18/h3-5,8-10H,1-2,6-7H2,(H,17,20).